The quantitative estimate of drug-likeness (QED) is 0.900. The Labute approximate surface area is 127 Å². The molecule has 21 heavy (non-hydrogen) atoms. The van der Waals surface area contributed by atoms with Gasteiger partial charge >= 0.3 is 0 Å². The first-order valence-electron chi connectivity index (χ1n) is 8.17. The lowest BCUT2D eigenvalue weighted by Gasteiger charge is -2.27. The Morgan fingerprint density at radius 2 is 2.00 bits per heavy atom. The van der Waals surface area contributed by atoms with Crippen molar-refractivity contribution in [1.82, 2.24) is 9.88 Å². The molecule has 2 rings (SSSR count). The number of anilines is 1. The fraction of sp³-hybridized carbons (Fsp3) is 0.647. The normalized spacial score (nSPS) is 15.3. The molecule has 1 aliphatic rings. The molecule has 4 nitrogen and oxygen atoms in total. The average Bonchev–Trinajstić information content (AvgIpc) is 2.52. The van der Waals surface area contributed by atoms with Gasteiger partial charge in [-0.3, -0.25) is 4.79 Å². The van der Waals surface area contributed by atoms with Crippen LogP contribution in [0.2, 0.25) is 0 Å². The van der Waals surface area contributed by atoms with Gasteiger partial charge in [-0.1, -0.05) is 20.8 Å². The zero-order valence-electron chi connectivity index (χ0n) is 13.5. The second kappa shape index (κ2) is 7.43. The maximum Gasteiger partial charge on any atom is 0.254 e. The van der Waals surface area contributed by atoms with E-state index >= 15 is 0 Å². The number of pyridine rings is 1. The Morgan fingerprint density at radius 3 is 2.62 bits per heavy atom. The monoisotopic (exact) mass is 289 g/mol. The van der Waals surface area contributed by atoms with E-state index in [2.05, 4.69) is 31.1 Å². The smallest absolute Gasteiger partial charge is 0.254 e. The van der Waals surface area contributed by atoms with E-state index < -0.39 is 0 Å². The van der Waals surface area contributed by atoms with Crippen LogP contribution < -0.4 is 5.32 Å². The molecule has 4 heteroatoms. The number of hydrogen-bond acceptors (Lipinski definition) is 3. The summed E-state index contributed by atoms with van der Waals surface area (Å²) < 4.78 is 0. The summed E-state index contributed by atoms with van der Waals surface area (Å²) in [5.41, 5.74) is 1.76. The van der Waals surface area contributed by atoms with Crippen LogP contribution in [0, 0.1) is 0 Å². The number of amides is 1. The van der Waals surface area contributed by atoms with Crippen molar-refractivity contribution in [2.24, 2.45) is 0 Å². The maximum atomic E-state index is 12.7. The summed E-state index contributed by atoms with van der Waals surface area (Å²) in [5.74, 6) is 1.29. The summed E-state index contributed by atoms with van der Waals surface area (Å²) >= 11 is 0. The molecule has 0 spiro atoms. The summed E-state index contributed by atoms with van der Waals surface area (Å²) in [6.07, 6.45) is 4.52. The predicted molar refractivity (Wildman–Crippen MR) is 86.9 cm³/mol. The highest BCUT2D eigenvalue weighted by Gasteiger charge is 2.20. The van der Waals surface area contributed by atoms with Gasteiger partial charge in [-0.15, -0.1) is 0 Å². The van der Waals surface area contributed by atoms with Gasteiger partial charge in [0.25, 0.3) is 5.91 Å². The third-order valence-electron chi connectivity index (χ3n) is 3.88. The lowest BCUT2D eigenvalue weighted by Crippen LogP contribution is -2.35. The van der Waals surface area contributed by atoms with Crippen LogP contribution in [0.4, 0.5) is 5.82 Å². The maximum absolute atomic E-state index is 12.7. The molecule has 1 aromatic rings. The Bertz CT molecular complexity index is 479. The van der Waals surface area contributed by atoms with Gasteiger partial charge in [-0.05, 0) is 43.7 Å². The molecular weight excluding hydrogens is 262 g/mol. The van der Waals surface area contributed by atoms with Crippen molar-refractivity contribution >= 4 is 11.7 Å². The van der Waals surface area contributed by atoms with Crippen molar-refractivity contribution in [3.8, 4) is 0 Å². The molecule has 2 heterocycles. The number of nitrogens with zero attached hydrogens (tertiary/aromatic N) is 2. The van der Waals surface area contributed by atoms with Crippen LogP contribution in [0.1, 0.15) is 68.4 Å². The van der Waals surface area contributed by atoms with Gasteiger partial charge in [0.15, 0.2) is 0 Å². The number of aromatic nitrogens is 1. The molecular formula is C17H27N3O. The zero-order chi connectivity index (χ0) is 15.2. The van der Waals surface area contributed by atoms with E-state index in [0.29, 0.717) is 5.92 Å². The van der Waals surface area contributed by atoms with Gasteiger partial charge in [-0.25, -0.2) is 4.98 Å². The van der Waals surface area contributed by atoms with Crippen molar-refractivity contribution in [3.63, 3.8) is 0 Å². The van der Waals surface area contributed by atoms with E-state index in [4.69, 9.17) is 0 Å². The third kappa shape index (κ3) is 4.19. The summed E-state index contributed by atoms with van der Waals surface area (Å²) in [5, 5.41) is 3.31. The summed E-state index contributed by atoms with van der Waals surface area (Å²) in [6, 6.07) is 3.86. The molecule has 1 aliphatic heterocycles. The van der Waals surface area contributed by atoms with Crippen LogP contribution in [-0.4, -0.2) is 35.4 Å². The number of likely N-dealkylation sites (tertiary alicyclic amines) is 1. The molecule has 116 valence electrons. The summed E-state index contributed by atoms with van der Waals surface area (Å²) in [4.78, 5) is 19.3. The summed E-state index contributed by atoms with van der Waals surface area (Å²) in [6.45, 7) is 9.00. The van der Waals surface area contributed by atoms with E-state index in [1.165, 1.54) is 6.42 Å². The number of carbonyl (C=O) groups is 1. The zero-order valence-corrected chi connectivity index (χ0v) is 13.5. The van der Waals surface area contributed by atoms with Gasteiger partial charge in [0.05, 0.1) is 0 Å². The molecule has 0 unspecified atom stereocenters. The summed E-state index contributed by atoms with van der Waals surface area (Å²) in [7, 11) is 0. The van der Waals surface area contributed by atoms with E-state index in [9.17, 15) is 4.79 Å². The molecule has 0 bridgehead atoms. The first-order valence-corrected chi connectivity index (χ1v) is 8.17. The first kappa shape index (κ1) is 15.8. The molecule has 1 fully saturated rings. The number of nitrogens with one attached hydrogen (secondary N) is 1. The lowest BCUT2D eigenvalue weighted by molar-refractivity contribution is 0.0724. The van der Waals surface area contributed by atoms with Gasteiger partial charge < -0.3 is 10.2 Å². The van der Waals surface area contributed by atoms with Crippen molar-refractivity contribution in [2.45, 2.75) is 52.4 Å². The Hall–Kier alpha value is -1.58. The molecule has 0 saturated carbocycles. The molecule has 1 amide bonds. The predicted octanol–water partition coefficient (Wildman–Crippen LogP) is 3.65. The molecule has 0 aliphatic carbocycles. The highest BCUT2D eigenvalue weighted by molar-refractivity contribution is 5.95. The van der Waals surface area contributed by atoms with Crippen LogP contribution in [0.25, 0.3) is 0 Å². The molecule has 0 radical (unpaired) electrons. The van der Waals surface area contributed by atoms with Crippen molar-refractivity contribution < 1.29 is 4.79 Å². The molecule has 0 atom stereocenters. The highest BCUT2D eigenvalue weighted by atomic mass is 16.2. The second-order valence-corrected chi connectivity index (χ2v) is 6.10. The van der Waals surface area contributed by atoms with E-state index in [-0.39, 0.29) is 5.91 Å². The van der Waals surface area contributed by atoms with Crippen molar-refractivity contribution in [1.29, 1.82) is 0 Å². The number of piperidine rings is 1. The number of rotatable bonds is 5. The van der Waals surface area contributed by atoms with Crippen LogP contribution in [0.5, 0.6) is 0 Å². The fourth-order valence-electron chi connectivity index (χ4n) is 2.59. The Morgan fingerprint density at radius 1 is 1.29 bits per heavy atom. The standard InChI is InChI=1S/C17H27N3O/c1-4-8-18-16-12-14(11-15(19-16)13(2)3)17(21)20-9-6-5-7-10-20/h11-13H,4-10H2,1-3H3,(H,18,19). The minimum atomic E-state index is 0.151. The topological polar surface area (TPSA) is 45.2 Å². The Kier molecular flexibility index (Phi) is 5.59. The highest BCUT2D eigenvalue weighted by Crippen LogP contribution is 2.20. The molecule has 1 N–H and O–H groups in total. The molecule has 1 aromatic heterocycles. The average molecular weight is 289 g/mol. The number of hydrogen-bond donors (Lipinski definition) is 1. The minimum absolute atomic E-state index is 0.151. The molecule has 0 aromatic carbocycles. The van der Waals surface area contributed by atoms with Crippen molar-refractivity contribution in [3.05, 3.63) is 23.4 Å². The fourth-order valence-corrected chi connectivity index (χ4v) is 2.59. The third-order valence-corrected chi connectivity index (χ3v) is 3.88. The van der Waals surface area contributed by atoms with E-state index in [0.717, 1.165) is 56.0 Å². The van der Waals surface area contributed by atoms with Crippen LogP contribution >= 0.6 is 0 Å². The van der Waals surface area contributed by atoms with Crippen LogP contribution in [0.15, 0.2) is 12.1 Å². The second-order valence-electron chi connectivity index (χ2n) is 6.10. The van der Waals surface area contributed by atoms with Crippen LogP contribution in [-0.2, 0) is 0 Å². The van der Waals surface area contributed by atoms with Gasteiger partial charge in [0.1, 0.15) is 5.82 Å². The van der Waals surface area contributed by atoms with Gasteiger partial charge in [-0.2, -0.15) is 0 Å². The minimum Gasteiger partial charge on any atom is -0.370 e. The van der Waals surface area contributed by atoms with Gasteiger partial charge in [0.2, 0.25) is 0 Å². The lowest BCUT2D eigenvalue weighted by atomic mass is 10.1. The van der Waals surface area contributed by atoms with E-state index in [1.54, 1.807) is 0 Å². The SMILES string of the molecule is CCCNc1cc(C(=O)N2CCCCC2)cc(C(C)C)n1. The van der Waals surface area contributed by atoms with Crippen LogP contribution in [0.3, 0.4) is 0 Å². The molecule has 1 saturated heterocycles. The Balaban J connectivity index is 2.23. The van der Waals surface area contributed by atoms with Crippen molar-refractivity contribution in [2.75, 3.05) is 25.0 Å². The van der Waals surface area contributed by atoms with Gasteiger partial charge in [0, 0.05) is 30.9 Å². The number of carbonyl (C=O) groups excluding carboxylic acids is 1. The first-order chi connectivity index (χ1) is 10.1. The van der Waals surface area contributed by atoms with E-state index in [1.807, 2.05) is 17.0 Å². The largest absolute Gasteiger partial charge is 0.370 e.